The quantitative estimate of drug-likeness (QED) is 0.552. The number of hydrogen-bond donors (Lipinski definition) is 0. The predicted octanol–water partition coefficient (Wildman–Crippen LogP) is 3.46. The van der Waals surface area contributed by atoms with E-state index < -0.39 is 10.6 Å². The summed E-state index contributed by atoms with van der Waals surface area (Å²) in [4.78, 5) is 21.8. The molecule has 0 aromatic heterocycles. The van der Waals surface area contributed by atoms with Gasteiger partial charge in [-0.1, -0.05) is 13.8 Å². The van der Waals surface area contributed by atoms with Gasteiger partial charge < -0.3 is 9.47 Å². The van der Waals surface area contributed by atoms with Crippen LogP contribution in [0, 0.1) is 0 Å². The second-order valence-corrected chi connectivity index (χ2v) is 4.36. The molecule has 4 nitrogen and oxygen atoms in total. The number of ether oxygens (including phenoxy) is 2. The summed E-state index contributed by atoms with van der Waals surface area (Å²) in [6.07, 6.45) is 1.55. The smallest absolute Gasteiger partial charge is 0.378 e. The van der Waals surface area contributed by atoms with E-state index in [4.69, 9.17) is 9.47 Å². The molecule has 0 saturated heterocycles. The van der Waals surface area contributed by atoms with Crippen molar-refractivity contribution in [3.8, 4) is 0 Å². The van der Waals surface area contributed by atoms with Gasteiger partial charge in [0.2, 0.25) is 0 Å². The third-order valence-electron chi connectivity index (χ3n) is 1.03. The first-order chi connectivity index (χ1) is 6.70. The minimum absolute atomic E-state index is 0.385. The van der Waals surface area contributed by atoms with Crippen LogP contribution in [-0.2, 0) is 9.47 Å². The highest BCUT2D eigenvalue weighted by Gasteiger charge is 2.10. The van der Waals surface area contributed by atoms with Crippen molar-refractivity contribution in [3.05, 3.63) is 0 Å². The van der Waals surface area contributed by atoms with Gasteiger partial charge >= 0.3 is 10.6 Å². The van der Waals surface area contributed by atoms with Crippen molar-refractivity contribution in [3.63, 3.8) is 0 Å². The third-order valence-corrected chi connectivity index (χ3v) is 2.68. The molecule has 0 fully saturated rings. The lowest BCUT2D eigenvalue weighted by molar-refractivity contribution is 0.174. The van der Waals surface area contributed by atoms with Gasteiger partial charge in [-0.15, -0.1) is 0 Å². The van der Waals surface area contributed by atoms with Gasteiger partial charge in [0.1, 0.15) is 0 Å². The lowest BCUT2D eigenvalue weighted by atomic mass is 10.5. The summed E-state index contributed by atoms with van der Waals surface area (Å²) in [6, 6.07) is 0. The topological polar surface area (TPSA) is 52.6 Å². The van der Waals surface area contributed by atoms with Crippen molar-refractivity contribution in [2.75, 3.05) is 13.2 Å². The van der Waals surface area contributed by atoms with Crippen LogP contribution in [-0.4, -0.2) is 23.8 Å². The van der Waals surface area contributed by atoms with Gasteiger partial charge in [0.15, 0.2) is 0 Å². The van der Waals surface area contributed by atoms with Gasteiger partial charge in [-0.3, -0.25) is 0 Å². The van der Waals surface area contributed by atoms with Gasteiger partial charge in [0.05, 0.1) is 13.2 Å². The second-order valence-electron chi connectivity index (χ2n) is 2.36. The van der Waals surface area contributed by atoms with Crippen molar-refractivity contribution in [2.24, 2.45) is 0 Å². The molecule has 0 aliphatic heterocycles. The Hall–Kier alpha value is -0.360. The molecule has 0 unspecified atom stereocenters. The molecule has 0 radical (unpaired) electrons. The van der Waals surface area contributed by atoms with Crippen LogP contribution in [0.2, 0.25) is 0 Å². The molecule has 0 heterocycles. The molecule has 0 saturated carbocycles. The number of hydrogen-bond acceptors (Lipinski definition) is 6. The van der Waals surface area contributed by atoms with Gasteiger partial charge in [-0.05, 0) is 12.8 Å². The average Bonchev–Trinajstić information content (AvgIpc) is 2.20. The first-order valence-electron chi connectivity index (χ1n) is 4.38. The second kappa shape index (κ2) is 9.21. The maximum absolute atomic E-state index is 10.9. The van der Waals surface area contributed by atoms with Crippen LogP contribution in [0.25, 0.3) is 0 Å². The highest BCUT2D eigenvalue weighted by molar-refractivity contribution is 8.86. The maximum Gasteiger partial charge on any atom is 0.378 e. The SMILES string of the molecule is CCCOC(=O)SSC(=O)OCCC. The van der Waals surface area contributed by atoms with E-state index in [0.717, 1.165) is 34.4 Å². The Kier molecular flexibility index (Phi) is 8.97. The summed E-state index contributed by atoms with van der Waals surface area (Å²) in [5.41, 5.74) is 0. The molecule has 14 heavy (non-hydrogen) atoms. The number of rotatable bonds is 4. The van der Waals surface area contributed by atoms with Crippen LogP contribution in [0.1, 0.15) is 26.7 Å². The van der Waals surface area contributed by atoms with Crippen LogP contribution in [0.15, 0.2) is 0 Å². The molecule has 0 spiro atoms. The maximum atomic E-state index is 10.9. The molecular weight excluding hydrogens is 224 g/mol. The molecule has 0 N–H and O–H groups in total. The largest absolute Gasteiger partial charge is 0.457 e. The molecule has 0 aromatic rings. The van der Waals surface area contributed by atoms with E-state index in [1.807, 2.05) is 13.8 Å². The third kappa shape index (κ3) is 8.25. The van der Waals surface area contributed by atoms with Gasteiger partial charge in [-0.2, -0.15) is 0 Å². The van der Waals surface area contributed by atoms with E-state index >= 15 is 0 Å². The summed E-state index contributed by atoms with van der Waals surface area (Å²) < 4.78 is 9.48. The monoisotopic (exact) mass is 238 g/mol. The fraction of sp³-hybridized carbons (Fsp3) is 0.750. The summed E-state index contributed by atoms with van der Waals surface area (Å²) in [5.74, 6) is 0. The molecule has 0 amide bonds. The normalized spacial score (nSPS) is 9.57. The lowest BCUT2D eigenvalue weighted by Gasteiger charge is -2.01. The number of carbonyl (C=O) groups excluding carboxylic acids is 2. The Labute approximate surface area is 91.5 Å². The molecule has 0 aliphatic carbocycles. The minimum atomic E-state index is -0.453. The minimum Gasteiger partial charge on any atom is -0.457 e. The van der Waals surface area contributed by atoms with Crippen LogP contribution < -0.4 is 0 Å². The summed E-state index contributed by atoms with van der Waals surface area (Å²) in [6.45, 7) is 4.58. The lowest BCUT2D eigenvalue weighted by Crippen LogP contribution is -2.00. The Morgan fingerprint density at radius 2 is 1.29 bits per heavy atom. The van der Waals surface area contributed by atoms with E-state index in [9.17, 15) is 9.59 Å². The Balaban J connectivity index is 3.41. The molecular formula is C8H14O4S2. The Bertz CT molecular complexity index is 164. The first kappa shape index (κ1) is 13.6. The van der Waals surface area contributed by atoms with Crippen molar-refractivity contribution in [2.45, 2.75) is 26.7 Å². The standard InChI is InChI=1S/C8H14O4S2/c1-3-5-11-7(9)13-14-8(10)12-6-4-2/h3-6H2,1-2H3. The van der Waals surface area contributed by atoms with Crippen molar-refractivity contribution < 1.29 is 19.1 Å². The molecule has 82 valence electrons. The van der Waals surface area contributed by atoms with Gasteiger partial charge in [0, 0.05) is 21.6 Å². The highest BCUT2D eigenvalue weighted by Crippen LogP contribution is 2.25. The zero-order valence-corrected chi connectivity index (χ0v) is 9.91. The zero-order chi connectivity index (χ0) is 10.8. The molecule has 0 aromatic carbocycles. The first-order valence-corrected chi connectivity index (χ1v) is 6.53. The fourth-order valence-corrected chi connectivity index (χ4v) is 1.58. The molecule has 0 atom stereocenters. The summed E-state index contributed by atoms with van der Waals surface area (Å²) in [5, 5.41) is -0.907. The van der Waals surface area contributed by atoms with E-state index in [0.29, 0.717) is 13.2 Å². The van der Waals surface area contributed by atoms with Crippen LogP contribution >= 0.6 is 21.6 Å². The van der Waals surface area contributed by atoms with Gasteiger partial charge in [-0.25, -0.2) is 9.59 Å². The van der Waals surface area contributed by atoms with Crippen molar-refractivity contribution >= 4 is 32.2 Å². The molecule has 6 heteroatoms. The van der Waals surface area contributed by atoms with E-state index in [2.05, 4.69) is 0 Å². The van der Waals surface area contributed by atoms with E-state index in [-0.39, 0.29) is 0 Å². The fourth-order valence-electron chi connectivity index (χ4n) is 0.487. The Morgan fingerprint density at radius 3 is 1.57 bits per heavy atom. The number of carbonyl (C=O) groups is 2. The molecule has 0 aliphatic rings. The Morgan fingerprint density at radius 1 is 0.929 bits per heavy atom. The van der Waals surface area contributed by atoms with Crippen molar-refractivity contribution in [1.82, 2.24) is 0 Å². The summed E-state index contributed by atoms with van der Waals surface area (Å²) in [7, 11) is 1.51. The summed E-state index contributed by atoms with van der Waals surface area (Å²) >= 11 is 0. The molecule has 0 bridgehead atoms. The predicted molar refractivity (Wildman–Crippen MR) is 58.5 cm³/mol. The van der Waals surface area contributed by atoms with E-state index in [1.165, 1.54) is 0 Å². The highest BCUT2D eigenvalue weighted by atomic mass is 33.1. The van der Waals surface area contributed by atoms with Gasteiger partial charge in [0.25, 0.3) is 0 Å². The average molecular weight is 238 g/mol. The van der Waals surface area contributed by atoms with Crippen LogP contribution in [0.5, 0.6) is 0 Å². The zero-order valence-electron chi connectivity index (χ0n) is 8.28. The molecule has 0 rings (SSSR count). The van der Waals surface area contributed by atoms with E-state index in [1.54, 1.807) is 0 Å². The van der Waals surface area contributed by atoms with Crippen LogP contribution in [0.4, 0.5) is 9.59 Å². The van der Waals surface area contributed by atoms with Crippen LogP contribution in [0.3, 0.4) is 0 Å². The van der Waals surface area contributed by atoms with Crippen molar-refractivity contribution in [1.29, 1.82) is 0 Å².